The number of morpholine rings is 1. The molecule has 0 atom stereocenters. The minimum atomic E-state index is -0.637. The lowest BCUT2D eigenvalue weighted by Gasteiger charge is -2.35. The van der Waals surface area contributed by atoms with Crippen molar-refractivity contribution in [2.24, 2.45) is 5.92 Å². The van der Waals surface area contributed by atoms with Crippen LogP contribution in [0.25, 0.3) is 22.4 Å². The van der Waals surface area contributed by atoms with Crippen LogP contribution < -0.4 is 9.64 Å². The number of H-pyrrole nitrogens is 1. The molecule has 0 amide bonds. The smallest absolute Gasteiger partial charge is 0.296 e. The first kappa shape index (κ1) is 22.4. The standard InChI is InChI=1S/C25H31ClN4O3/c1-25(2,31)17-5-9-19(10-6-17)33-24-27-21-15-20(26)22(28-23(21)29-24)16-3-7-18(8-4-16)30-11-13-32-14-12-30/h3-4,7-8,15,17,19,31H,5-6,9-14H2,1-2H3,(H,27,28,29). The van der Waals surface area contributed by atoms with E-state index in [0.717, 1.165) is 63.1 Å². The Labute approximate surface area is 199 Å². The third-order valence-corrected chi connectivity index (χ3v) is 7.16. The van der Waals surface area contributed by atoms with Crippen LogP contribution in [0.1, 0.15) is 39.5 Å². The Morgan fingerprint density at radius 2 is 1.79 bits per heavy atom. The van der Waals surface area contributed by atoms with Gasteiger partial charge in [-0.2, -0.15) is 4.98 Å². The van der Waals surface area contributed by atoms with Crippen molar-refractivity contribution in [3.05, 3.63) is 35.4 Å². The summed E-state index contributed by atoms with van der Waals surface area (Å²) in [6, 6.07) is 10.6. The van der Waals surface area contributed by atoms with Crippen molar-refractivity contribution in [2.75, 3.05) is 31.2 Å². The van der Waals surface area contributed by atoms with Gasteiger partial charge in [0.15, 0.2) is 5.65 Å². The summed E-state index contributed by atoms with van der Waals surface area (Å²) in [7, 11) is 0. The molecule has 2 N–H and O–H groups in total. The number of nitrogens with one attached hydrogen (secondary N) is 1. The highest BCUT2D eigenvalue weighted by atomic mass is 35.5. The van der Waals surface area contributed by atoms with Crippen LogP contribution in [-0.2, 0) is 4.74 Å². The molecule has 3 heterocycles. The first-order chi connectivity index (χ1) is 15.9. The molecule has 0 unspecified atom stereocenters. The van der Waals surface area contributed by atoms with Gasteiger partial charge in [-0.05, 0) is 63.6 Å². The van der Waals surface area contributed by atoms with E-state index in [1.54, 1.807) is 0 Å². The van der Waals surface area contributed by atoms with Gasteiger partial charge in [-0.1, -0.05) is 23.7 Å². The Kier molecular flexibility index (Phi) is 6.20. The molecule has 2 aliphatic rings. The molecule has 7 nitrogen and oxygen atoms in total. The molecule has 1 aliphatic carbocycles. The number of aliphatic hydroxyl groups is 1. The summed E-state index contributed by atoms with van der Waals surface area (Å²) in [6.07, 6.45) is 3.79. The molecule has 3 aromatic rings. The maximum absolute atomic E-state index is 10.3. The van der Waals surface area contributed by atoms with Gasteiger partial charge in [0.2, 0.25) is 0 Å². The molecule has 0 radical (unpaired) electrons. The summed E-state index contributed by atoms with van der Waals surface area (Å²) in [6.45, 7) is 7.11. The summed E-state index contributed by atoms with van der Waals surface area (Å²) in [4.78, 5) is 14.8. The maximum atomic E-state index is 10.3. The first-order valence-electron chi connectivity index (χ1n) is 11.8. The van der Waals surface area contributed by atoms with Gasteiger partial charge in [0.25, 0.3) is 6.01 Å². The largest absolute Gasteiger partial charge is 0.461 e. The number of anilines is 1. The van der Waals surface area contributed by atoms with E-state index in [0.29, 0.717) is 28.3 Å². The van der Waals surface area contributed by atoms with Gasteiger partial charge in [-0.3, -0.25) is 0 Å². The predicted octanol–water partition coefficient (Wildman–Crippen LogP) is 4.82. The minimum absolute atomic E-state index is 0.0897. The number of halogens is 1. The Hall–Kier alpha value is -2.35. The molecule has 5 rings (SSSR count). The average molecular weight is 471 g/mol. The highest BCUT2D eigenvalue weighted by Gasteiger charge is 2.32. The normalized spacial score (nSPS) is 22.0. The maximum Gasteiger partial charge on any atom is 0.296 e. The number of imidazole rings is 1. The number of hydrogen-bond donors (Lipinski definition) is 2. The summed E-state index contributed by atoms with van der Waals surface area (Å²) in [5.74, 6) is 0.311. The number of nitrogens with zero attached hydrogens (tertiary/aromatic N) is 3. The monoisotopic (exact) mass is 470 g/mol. The first-order valence-corrected chi connectivity index (χ1v) is 12.1. The lowest BCUT2D eigenvalue weighted by molar-refractivity contribution is -0.0160. The van der Waals surface area contributed by atoms with Gasteiger partial charge in [-0.15, -0.1) is 0 Å². The number of rotatable bonds is 5. The van der Waals surface area contributed by atoms with Crippen LogP contribution in [0, 0.1) is 5.92 Å². The fraction of sp³-hybridized carbons (Fsp3) is 0.520. The van der Waals surface area contributed by atoms with Crippen molar-refractivity contribution < 1.29 is 14.6 Å². The average Bonchev–Trinajstić information content (AvgIpc) is 3.20. The minimum Gasteiger partial charge on any atom is -0.461 e. The molecule has 1 aliphatic heterocycles. The number of benzene rings is 1. The molecular formula is C25H31ClN4O3. The predicted molar refractivity (Wildman–Crippen MR) is 130 cm³/mol. The fourth-order valence-electron chi connectivity index (χ4n) is 4.85. The Morgan fingerprint density at radius 1 is 1.09 bits per heavy atom. The molecule has 2 fully saturated rings. The van der Waals surface area contributed by atoms with Gasteiger partial charge < -0.3 is 24.5 Å². The Morgan fingerprint density at radius 3 is 2.45 bits per heavy atom. The van der Waals surface area contributed by atoms with Crippen LogP contribution in [0.4, 0.5) is 5.69 Å². The quantitative estimate of drug-likeness (QED) is 0.556. The second-order valence-electron chi connectivity index (χ2n) is 9.62. The van der Waals surface area contributed by atoms with E-state index in [-0.39, 0.29) is 6.10 Å². The molecular weight excluding hydrogens is 440 g/mol. The fourth-order valence-corrected chi connectivity index (χ4v) is 5.11. The number of pyridine rings is 1. The van der Waals surface area contributed by atoms with Crippen molar-refractivity contribution in [1.29, 1.82) is 0 Å². The third-order valence-electron chi connectivity index (χ3n) is 6.87. The number of fused-ring (bicyclic) bond motifs is 1. The van der Waals surface area contributed by atoms with Crippen molar-refractivity contribution in [3.8, 4) is 17.3 Å². The zero-order valence-electron chi connectivity index (χ0n) is 19.2. The number of aromatic amines is 1. The van der Waals surface area contributed by atoms with E-state index in [9.17, 15) is 5.11 Å². The highest BCUT2D eigenvalue weighted by molar-refractivity contribution is 6.33. The highest BCUT2D eigenvalue weighted by Crippen LogP contribution is 2.35. The number of aromatic nitrogens is 3. The zero-order valence-corrected chi connectivity index (χ0v) is 19.9. The summed E-state index contributed by atoms with van der Waals surface area (Å²) in [5, 5.41) is 10.8. The lowest BCUT2D eigenvalue weighted by Crippen LogP contribution is -2.36. The van der Waals surface area contributed by atoms with Gasteiger partial charge in [0.05, 0.1) is 35.0 Å². The Balaban J connectivity index is 1.30. The van der Waals surface area contributed by atoms with E-state index >= 15 is 0 Å². The third kappa shape index (κ3) is 4.95. The van der Waals surface area contributed by atoms with Crippen molar-refractivity contribution in [2.45, 2.75) is 51.2 Å². The van der Waals surface area contributed by atoms with Gasteiger partial charge >= 0.3 is 0 Å². The number of ether oxygens (including phenoxy) is 2. The van der Waals surface area contributed by atoms with Crippen LogP contribution >= 0.6 is 11.6 Å². The van der Waals surface area contributed by atoms with E-state index in [4.69, 9.17) is 26.1 Å². The zero-order chi connectivity index (χ0) is 23.0. The number of hydrogen-bond acceptors (Lipinski definition) is 6. The molecule has 1 aromatic carbocycles. The Bertz CT molecular complexity index is 1100. The van der Waals surface area contributed by atoms with Crippen LogP contribution in [-0.4, -0.2) is 58.1 Å². The lowest BCUT2D eigenvalue weighted by atomic mass is 9.78. The van der Waals surface area contributed by atoms with Crippen LogP contribution in [0.15, 0.2) is 30.3 Å². The molecule has 1 saturated heterocycles. The summed E-state index contributed by atoms with van der Waals surface area (Å²) < 4.78 is 11.6. The van der Waals surface area contributed by atoms with Crippen LogP contribution in [0.3, 0.4) is 0 Å². The van der Waals surface area contributed by atoms with Crippen molar-refractivity contribution in [3.63, 3.8) is 0 Å². The second kappa shape index (κ2) is 9.12. The molecule has 8 heteroatoms. The van der Waals surface area contributed by atoms with E-state index in [2.05, 4.69) is 39.1 Å². The van der Waals surface area contributed by atoms with Crippen LogP contribution in [0.5, 0.6) is 6.01 Å². The van der Waals surface area contributed by atoms with E-state index in [1.165, 1.54) is 5.69 Å². The summed E-state index contributed by atoms with van der Waals surface area (Å²) >= 11 is 6.58. The summed E-state index contributed by atoms with van der Waals surface area (Å²) in [5.41, 5.74) is 3.55. The van der Waals surface area contributed by atoms with Gasteiger partial charge in [-0.25, -0.2) is 4.98 Å². The van der Waals surface area contributed by atoms with Gasteiger partial charge in [0.1, 0.15) is 6.10 Å². The van der Waals surface area contributed by atoms with E-state index in [1.807, 2.05) is 19.9 Å². The van der Waals surface area contributed by atoms with Crippen molar-refractivity contribution in [1.82, 2.24) is 15.0 Å². The van der Waals surface area contributed by atoms with E-state index < -0.39 is 5.60 Å². The van der Waals surface area contributed by atoms with Gasteiger partial charge in [0, 0.05) is 24.3 Å². The van der Waals surface area contributed by atoms with Crippen LogP contribution in [0.2, 0.25) is 5.02 Å². The van der Waals surface area contributed by atoms with Crippen molar-refractivity contribution >= 4 is 28.5 Å². The molecule has 0 bridgehead atoms. The molecule has 176 valence electrons. The molecule has 33 heavy (non-hydrogen) atoms. The second-order valence-corrected chi connectivity index (χ2v) is 10.0. The molecule has 2 aromatic heterocycles. The topological polar surface area (TPSA) is 83.5 Å². The molecule has 0 spiro atoms. The SMILES string of the molecule is CC(C)(O)C1CCC(Oc2nc3nc(-c4ccc(N5CCOCC5)cc4)c(Cl)cc3[nH]2)CC1. The molecule has 1 saturated carbocycles.